The summed E-state index contributed by atoms with van der Waals surface area (Å²) in [5.74, 6) is 0.692. The molecule has 2 aromatic rings. The number of nitrogen functional groups attached to an aromatic ring is 1. The lowest BCUT2D eigenvalue weighted by molar-refractivity contribution is 1.18. The fourth-order valence-electron chi connectivity index (χ4n) is 1.17. The van der Waals surface area contributed by atoms with Crippen LogP contribution in [0.25, 0.3) is 0 Å². The quantitative estimate of drug-likeness (QED) is 0.865. The summed E-state index contributed by atoms with van der Waals surface area (Å²) < 4.78 is 0. The van der Waals surface area contributed by atoms with Gasteiger partial charge in [-0.05, 0) is 18.2 Å². The molecular formula is C10H8Cl2N4. The summed E-state index contributed by atoms with van der Waals surface area (Å²) in [4.78, 5) is 7.75. The van der Waals surface area contributed by atoms with Crippen LogP contribution in [0.15, 0.2) is 30.6 Å². The van der Waals surface area contributed by atoms with Crippen molar-refractivity contribution in [3.8, 4) is 0 Å². The summed E-state index contributed by atoms with van der Waals surface area (Å²) in [6.45, 7) is 0. The fourth-order valence-corrected chi connectivity index (χ4v) is 1.51. The molecule has 0 radical (unpaired) electrons. The molecule has 0 amide bonds. The lowest BCUT2D eigenvalue weighted by Crippen LogP contribution is -1.99. The third-order valence-electron chi connectivity index (χ3n) is 1.90. The second-order valence-corrected chi connectivity index (χ2v) is 3.87. The molecule has 3 N–H and O–H groups in total. The highest BCUT2D eigenvalue weighted by Crippen LogP contribution is 2.27. The minimum atomic E-state index is 0.237. The van der Waals surface area contributed by atoms with E-state index in [1.54, 1.807) is 12.1 Å². The van der Waals surface area contributed by atoms with E-state index in [4.69, 9.17) is 28.9 Å². The minimum absolute atomic E-state index is 0.237. The maximum absolute atomic E-state index is 5.94. The van der Waals surface area contributed by atoms with E-state index in [0.717, 1.165) is 5.69 Å². The predicted octanol–water partition coefficient (Wildman–Crippen LogP) is 3.11. The molecule has 0 spiro atoms. The van der Waals surface area contributed by atoms with Crippen molar-refractivity contribution < 1.29 is 0 Å². The van der Waals surface area contributed by atoms with Crippen molar-refractivity contribution >= 4 is 40.5 Å². The van der Waals surface area contributed by atoms with Crippen LogP contribution >= 0.6 is 23.2 Å². The molecule has 1 heterocycles. The van der Waals surface area contributed by atoms with Crippen molar-refractivity contribution in [1.29, 1.82) is 0 Å². The molecule has 16 heavy (non-hydrogen) atoms. The van der Waals surface area contributed by atoms with E-state index >= 15 is 0 Å². The van der Waals surface area contributed by atoms with Crippen LogP contribution in [0.1, 0.15) is 0 Å². The van der Waals surface area contributed by atoms with Crippen molar-refractivity contribution in [2.75, 3.05) is 11.1 Å². The summed E-state index contributed by atoms with van der Waals surface area (Å²) in [6, 6.07) is 7.21. The number of anilines is 3. The normalized spacial score (nSPS) is 10.1. The number of nitrogens with zero attached hydrogens (tertiary/aromatic N) is 2. The molecule has 4 nitrogen and oxygen atoms in total. The largest absolute Gasteiger partial charge is 0.382 e. The fraction of sp³-hybridized carbons (Fsp3) is 0. The monoisotopic (exact) mass is 254 g/mol. The van der Waals surface area contributed by atoms with Crippen LogP contribution in [0.4, 0.5) is 17.3 Å². The third kappa shape index (κ3) is 2.35. The van der Waals surface area contributed by atoms with Gasteiger partial charge in [-0.3, -0.25) is 0 Å². The van der Waals surface area contributed by atoms with E-state index in [0.29, 0.717) is 15.9 Å². The Morgan fingerprint density at radius 3 is 2.75 bits per heavy atom. The summed E-state index contributed by atoms with van der Waals surface area (Å²) >= 11 is 11.8. The number of hydrogen-bond donors (Lipinski definition) is 2. The van der Waals surface area contributed by atoms with Gasteiger partial charge in [-0.15, -0.1) is 0 Å². The van der Waals surface area contributed by atoms with Gasteiger partial charge in [-0.1, -0.05) is 29.3 Å². The van der Waals surface area contributed by atoms with E-state index in [1.807, 2.05) is 12.1 Å². The first-order valence-electron chi connectivity index (χ1n) is 4.45. The predicted molar refractivity (Wildman–Crippen MR) is 66.2 cm³/mol. The molecule has 6 heteroatoms. The van der Waals surface area contributed by atoms with Crippen molar-refractivity contribution in [2.45, 2.75) is 0 Å². The molecule has 0 unspecified atom stereocenters. The van der Waals surface area contributed by atoms with Gasteiger partial charge in [0.15, 0.2) is 5.82 Å². The summed E-state index contributed by atoms with van der Waals surface area (Å²) in [7, 11) is 0. The number of hydrogen-bond acceptors (Lipinski definition) is 4. The van der Waals surface area contributed by atoms with Crippen molar-refractivity contribution in [2.24, 2.45) is 0 Å². The lowest BCUT2D eigenvalue weighted by Gasteiger charge is -2.07. The van der Waals surface area contributed by atoms with E-state index in [1.165, 1.54) is 6.33 Å². The second-order valence-electron chi connectivity index (χ2n) is 3.06. The molecule has 0 fully saturated rings. The van der Waals surface area contributed by atoms with Crippen LogP contribution in [0, 0.1) is 0 Å². The van der Waals surface area contributed by atoms with Crippen LogP contribution in [0.5, 0.6) is 0 Å². The van der Waals surface area contributed by atoms with Gasteiger partial charge in [-0.25, -0.2) is 9.97 Å². The second kappa shape index (κ2) is 4.55. The topological polar surface area (TPSA) is 63.8 Å². The Morgan fingerprint density at radius 2 is 2.00 bits per heavy atom. The van der Waals surface area contributed by atoms with E-state index < -0.39 is 0 Å². The Bertz CT molecular complexity index is 516. The van der Waals surface area contributed by atoms with Crippen LogP contribution in [-0.2, 0) is 0 Å². The van der Waals surface area contributed by atoms with E-state index in [-0.39, 0.29) is 5.82 Å². The molecule has 0 saturated carbocycles. The number of aromatic nitrogens is 2. The SMILES string of the molecule is Nc1ncnc(Nc2cccc(Cl)c2)c1Cl. The zero-order valence-corrected chi connectivity index (χ0v) is 9.63. The standard InChI is InChI=1S/C10H8Cl2N4/c11-6-2-1-3-7(4-6)16-10-8(12)9(13)14-5-15-10/h1-5H,(H3,13,14,15,16). The third-order valence-corrected chi connectivity index (χ3v) is 2.51. The van der Waals surface area contributed by atoms with Gasteiger partial charge in [0.05, 0.1) is 0 Å². The van der Waals surface area contributed by atoms with Gasteiger partial charge < -0.3 is 11.1 Å². The number of nitrogens with two attached hydrogens (primary N) is 1. The lowest BCUT2D eigenvalue weighted by atomic mass is 10.3. The first-order chi connectivity index (χ1) is 7.66. The molecule has 1 aromatic carbocycles. The Kier molecular flexibility index (Phi) is 3.12. The highest BCUT2D eigenvalue weighted by molar-refractivity contribution is 6.35. The molecule has 0 atom stereocenters. The minimum Gasteiger partial charge on any atom is -0.382 e. The summed E-state index contributed by atoms with van der Waals surface area (Å²) in [5.41, 5.74) is 6.34. The Balaban J connectivity index is 2.31. The van der Waals surface area contributed by atoms with Crippen LogP contribution in [0.2, 0.25) is 10.0 Å². The van der Waals surface area contributed by atoms with E-state index in [9.17, 15) is 0 Å². The van der Waals surface area contributed by atoms with Gasteiger partial charge in [0, 0.05) is 10.7 Å². The highest BCUT2D eigenvalue weighted by Gasteiger charge is 2.06. The zero-order chi connectivity index (χ0) is 11.5. The molecule has 2 rings (SSSR count). The molecule has 0 aliphatic heterocycles. The Labute approximate surface area is 102 Å². The maximum atomic E-state index is 5.94. The van der Waals surface area contributed by atoms with Gasteiger partial charge >= 0.3 is 0 Å². The van der Waals surface area contributed by atoms with Crippen LogP contribution in [-0.4, -0.2) is 9.97 Å². The number of benzene rings is 1. The molecule has 0 aliphatic carbocycles. The van der Waals surface area contributed by atoms with Gasteiger partial charge in [0.25, 0.3) is 0 Å². The average Bonchev–Trinajstić information content (AvgIpc) is 2.25. The molecule has 1 aromatic heterocycles. The average molecular weight is 255 g/mol. The molecule has 82 valence electrons. The van der Waals surface area contributed by atoms with E-state index in [2.05, 4.69) is 15.3 Å². The summed E-state index contributed by atoms with van der Waals surface area (Å²) in [5, 5.41) is 3.93. The van der Waals surface area contributed by atoms with Crippen molar-refractivity contribution in [1.82, 2.24) is 9.97 Å². The van der Waals surface area contributed by atoms with Crippen LogP contribution in [0.3, 0.4) is 0 Å². The number of rotatable bonds is 2. The Hall–Kier alpha value is -1.52. The molecule has 0 bridgehead atoms. The Morgan fingerprint density at radius 1 is 1.19 bits per heavy atom. The molecular weight excluding hydrogens is 247 g/mol. The highest BCUT2D eigenvalue weighted by atomic mass is 35.5. The number of halogens is 2. The molecule has 0 aliphatic rings. The zero-order valence-electron chi connectivity index (χ0n) is 8.11. The van der Waals surface area contributed by atoms with Crippen molar-refractivity contribution in [3.05, 3.63) is 40.6 Å². The summed E-state index contributed by atoms with van der Waals surface area (Å²) in [6.07, 6.45) is 1.34. The number of nitrogens with one attached hydrogen (secondary N) is 1. The van der Waals surface area contributed by atoms with Crippen LogP contribution < -0.4 is 11.1 Å². The molecule has 0 saturated heterocycles. The maximum Gasteiger partial charge on any atom is 0.154 e. The van der Waals surface area contributed by atoms with Crippen molar-refractivity contribution in [3.63, 3.8) is 0 Å². The van der Waals surface area contributed by atoms with Gasteiger partial charge in [0.1, 0.15) is 17.2 Å². The van der Waals surface area contributed by atoms with Gasteiger partial charge in [-0.2, -0.15) is 0 Å². The van der Waals surface area contributed by atoms with Gasteiger partial charge in [0.2, 0.25) is 0 Å². The first-order valence-corrected chi connectivity index (χ1v) is 5.21. The smallest absolute Gasteiger partial charge is 0.154 e. The first kappa shape index (κ1) is 11.0.